The fourth-order valence-corrected chi connectivity index (χ4v) is 2.88. The van der Waals surface area contributed by atoms with Crippen LogP contribution in [0.25, 0.3) is 0 Å². The molecule has 114 valence electrons. The van der Waals surface area contributed by atoms with Crippen molar-refractivity contribution in [1.29, 1.82) is 0 Å². The second kappa shape index (κ2) is 8.10. The van der Waals surface area contributed by atoms with Gasteiger partial charge in [0.15, 0.2) is 5.76 Å². The van der Waals surface area contributed by atoms with Gasteiger partial charge in [0.25, 0.3) is 5.88 Å². The SMILES string of the molecule is COc1cc(CSCC(OC(C)C)c2ccccc2)on1. The van der Waals surface area contributed by atoms with Gasteiger partial charge in [0.1, 0.15) is 0 Å². The van der Waals surface area contributed by atoms with Gasteiger partial charge in [-0.3, -0.25) is 0 Å². The van der Waals surface area contributed by atoms with Crippen molar-refractivity contribution in [3.8, 4) is 5.88 Å². The molecule has 0 radical (unpaired) electrons. The monoisotopic (exact) mass is 307 g/mol. The Bertz CT molecular complexity index is 527. The summed E-state index contributed by atoms with van der Waals surface area (Å²) in [5.74, 6) is 2.95. The molecule has 1 aromatic heterocycles. The van der Waals surface area contributed by atoms with Gasteiger partial charge in [0.05, 0.1) is 25.1 Å². The Kier molecular flexibility index (Phi) is 6.14. The first-order valence-electron chi connectivity index (χ1n) is 6.96. The number of thioether (sulfide) groups is 1. The molecule has 0 N–H and O–H groups in total. The van der Waals surface area contributed by atoms with Gasteiger partial charge in [0, 0.05) is 11.8 Å². The minimum atomic E-state index is 0.0843. The summed E-state index contributed by atoms with van der Waals surface area (Å²) < 4.78 is 16.2. The van der Waals surface area contributed by atoms with Crippen molar-refractivity contribution in [3.63, 3.8) is 0 Å². The molecule has 0 bridgehead atoms. The standard InChI is InChI=1S/C16H21NO3S/c1-12(2)19-15(13-7-5-4-6-8-13)11-21-10-14-9-16(18-3)17-20-14/h4-9,12,15H,10-11H2,1-3H3. The third-order valence-corrected chi connectivity index (χ3v) is 3.89. The molecule has 0 aliphatic rings. The van der Waals surface area contributed by atoms with E-state index >= 15 is 0 Å². The van der Waals surface area contributed by atoms with Crippen LogP contribution in [-0.4, -0.2) is 24.1 Å². The predicted molar refractivity (Wildman–Crippen MR) is 84.6 cm³/mol. The van der Waals surface area contributed by atoms with Crippen molar-refractivity contribution in [2.75, 3.05) is 12.9 Å². The van der Waals surface area contributed by atoms with Crippen molar-refractivity contribution >= 4 is 11.8 Å². The highest BCUT2D eigenvalue weighted by Crippen LogP contribution is 2.26. The van der Waals surface area contributed by atoms with Crippen LogP contribution in [0.5, 0.6) is 5.88 Å². The number of hydrogen-bond acceptors (Lipinski definition) is 5. The molecular formula is C16H21NO3S. The van der Waals surface area contributed by atoms with Crippen LogP contribution in [0.15, 0.2) is 40.9 Å². The Hall–Kier alpha value is -1.46. The summed E-state index contributed by atoms with van der Waals surface area (Å²) >= 11 is 1.76. The Balaban J connectivity index is 1.90. The molecule has 1 unspecified atom stereocenters. The van der Waals surface area contributed by atoms with Crippen molar-refractivity contribution < 1.29 is 14.0 Å². The van der Waals surface area contributed by atoms with Gasteiger partial charge in [-0.15, -0.1) is 0 Å². The summed E-state index contributed by atoms with van der Waals surface area (Å²) in [5, 5.41) is 3.80. The third-order valence-electron chi connectivity index (χ3n) is 2.87. The summed E-state index contributed by atoms with van der Waals surface area (Å²) in [6.07, 6.45) is 0.280. The lowest BCUT2D eigenvalue weighted by Gasteiger charge is -2.20. The topological polar surface area (TPSA) is 44.5 Å². The van der Waals surface area contributed by atoms with Gasteiger partial charge in [-0.2, -0.15) is 11.8 Å². The largest absolute Gasteiger partial charge is 0.479 e. The molecule has 0 spiro atoms. The van der Waals surface area contributed by atoms with Crippen LogP contribution in [0.1, 0.15) is 31.3 Å². The average Bonchev–Trinajstić information content (AvgIpc) is 2.95. The minimum absolute atomic E-state index is 0.0843. The van der Waals surface area contributed by atoms with Gasteiger partial charge >= 0.3 is 0 Å². The van der Waals surface area contributed by atoms with Crippen molar-refractivity contribution in [3.05, 3.63) is 47.7 Å². The Morgan fingerprint density at radius 2 is 2.00 bits per heavy atom. The van der Waals surface area contributed by atoms with E-state index in [0.29, 0.717) is 5.88 Å². The molecule has 4 nitrogen and oxygen atoms in total. The van der Waals surface area contributed by atoms with Crippen LogP contribution in [-0.2, 0) is 10.5 Å². The Morgan fingerprint density at radius 1 is 1.24 bits per heavy atom. The number of nitrogens with zero attached hydrogens (tertiary/aromatic N) is 1. The van der Waals surface area contributed by atoms with Gasteiger partial charge in [0.2, 0.25) is 0 Å². The number of aromatic nitrogens is 1. The molecule has 0 aliphatic heterocycles. The molecule has 0 amide bonds. The highest BCUT2D eigenvalue weighted by molar-refractivity contribution is 7.98. The van der Waals surface area contributed by atoms with Crippen LogP contribution in [0.3, 0.4) is 0 Å². The first-order chi connectivity index (χ1) is 10.2. The third kappa shape index (κ3) is 5.10. The maximum Gasteiger partial charge on any atom is 0.254 e. The summed E-state index contributed by atoms with van der Waals surface area (Å²) in [6.45, 7) is 4.11. The van der Waals surface area contributed by atoms with E-state index in [4.69, 9.17) is 14.0 Å². The van der Waals surface area contributed by atoms with Crippen LogP contribution in [0.2, 0.25) is 0 Å². The highest BCUT2D eigenvalue weighted by Gasteiger charge is 2.14. The van der Waals surface area contributed by atoms with Gasteiger partial charge in [-0.05, 0) is 24.6 Å². The van der Waals surface area contributed by atoms with Gasteiger partial charge in [-0.25, -0.2) is 0 Å². The molecule has 1 atom stereocenters. The Labute approximate surface area is 129 Å². The van der Waals surface area contributed by atoms with Crippen LogP contribution >= 0.6 is 11.8 Å². The van der Waals surface area contributed by atoms with E-state index in [9.17, 15) is 0 Å². The maximum atomic E-state index is 6.01. The molecular weight excluding hydrogens is 286 g/mol. The average molecular weight is 307 g/mol. The minimum Gasteiger partial charge on any atom is -0.479 e. The molecule has 0 aliphatic carbocycles. The summed E-state index contributed by atoms with van der Waals surface area (Å²) in [6, 6.07) is 12.1. The fraction of sp³-hybridized carbons (Fsp3) is 0.438. The summed E-state index contributed by atoms with van der Waals surface area (Å²) in [5.41, 5.74) is 1.20. The molecule has 2 aromatic rings. The second-order valence-corrected chi connectivity index (χ2v) is 5.97. The molecule has 0 saturated carbocycles. The molecule has 2 rings (SSSR count). The van der Waals surface area contributed by atoms with E-state index in [0.717, 1.165) is 17.3 Å². The fourth-order valence-electron chi connectivity index (χ4n) is 1.94. The maximum absolute atomic E-state index is 6.01. The van der Waals surface area contributed by atoms with E-state index in [2.05, 4.69) is 31.1 Å². The zero-order valence-electron chi connectivity index (χ0n) is 12.6. The first kappa shape index (κ1) is 15.9. The first-order valence-corrected chi connectivity index (χ1v) is 8.12. The zero-order valence-corrected chi connectivity index (χ0v) is 13.4. The summed E-state index contributed by atoms with van der Waals surface area (Å²) in [4.78, 5) is 0. The number of hydrogen-bond donors (Lipinski definition) is 0. The lowest BCUT2D eigenvalue weighted by atomic mass is 10.1. The van der Waals surface area contributed by atoms with Crippen molar-refractivity contribution in [1.82, 2.24) is 5.16 Å². The van der Waals surface area contributed by atoms with E-state index in [1.54, 1.807) is 18.9 Å². The van der Waals surface area contributed by atoms with E-state index in [1.165, 1.54) is 5.56 Å². The molecule has 0 fully saturated rings. The van der Waals surface area contributed by atoms with E-state index < -0.39 is 0 Å². The van der Waals surface area contributed by atoms with Gasteiger partial charge < -0.3 is 14.0 Å². The van der Waals surface area contributed by atoms with E-state index in [1.807, 2.05) is 24.3 Å². The second-order valence-electron chi connectivity index (χ2n) is 4.93. The number of rotatable bonds is 8. The Morgan fingerprint density at radius 3 is 2.62 bits per heavy atom. The lowest BCUT2D eigenvalue weighted by molar-refractivity contribution is 0.0207. The summed E-state index contributed by atoms with van der Waals surface area (Å²) in [7, 11) is 1.58. The molecule has 21 heavy (non-hydrogen) atoms. The smallest absolute Gasteiger partial charge is 0.254 e. The van der Waals surface area contributed by atoms with E-state index in [-0.39, 0.29) is 12.2 Å². The van der Waals surface area contributed by atoms with Crippen LogP contribution in [0, 0.1) is 0 Å². The normalized spacial score (nSPS) is 12.6. The lowest BCUT2D eigenvalue weighted by Crippen LogP contribution is -2.13. The predicted octanol–water partition coefficient (Wildman–Crippen LogP) is 4.08. The van der Waals surface area contributed by atoms with Crippen molar-refractivity contribution in [2.24, 2.45) is 0 Å². The highest BCUT2D eigenvalue weighted by atomic mass is 32.2. The number of ether oxygens (including phenoxy) is 2. The molecule has 1 aromatic carbocycles. The molecule has 1 heterocycles. The van der Waals surface area contributed by atoms with Crippen LogP contribution < -0.4 is 4.74 Å². The number of methoxy groups -OCH3 is 1. The van der Waals surface area contributed by atoms with Gasteiger partial charge in [-0.1, -0.05) is 30.3 Å². The van der Waals surface area contributed by atoms with Crippen molar-refractivity contribution in [2.45, 2.75) is 31.8 Å². The molecule has 0 saturated heterocycles. The zero-order chi connectivity index (χ0) is 15.1. The quantitative estimate of drug-likeness (QED) is 0.735. The molecule has 5 heteroatoms. The van der Waals surface area contributed by atoms with Crippen LogP contribution in [0.4, 0.5) is 0 Å². The number of benzene rings is 1.